The van der Waals surface area contributed by atoms with E-state index in [1.807, 2.05) is 0 Å². The second kappa shape index (κ2) is 6.98. The molecule has 0 bridgehead atoms. The smallest absolute Gasteiger partial charge is 0.0593 e. The fourth-order valence-corrected chi connectivity index (χ4v) is 3.20. The molecule has 0 amide bonds. The lowest BCUT2D eigenvalue weighted by Crippen LogP contribution is -2.59. The Morgan fingerprint density at radius 1 is 1.24 bits per heavy atom. The molecule has 0 aromatic heterocycles. The summed E-state index contributed by atoms with van der Waals surface area (Å²) in [6.45, 7) is 8.88. The van der Waals surface area contributed by atoms with Crippen LogP contribution in [0.5, 0.6) is 0 Å². The molecule has 0 radical (unpaired) electrons. The van der Waals surface area contributed by atoms with Crippen molar-refractivity contribution < 1.29 is 4.74 Å². The summed E-state index contributed by atoms with van der Waals surface area (Å²) in [5, 5.41) is 0. The van der Waals surface area contributed by atoms with Crippen LogP contribution in [0.15, 0.2) is 0 Å². The molecule has 0 spiro atoms. The van der Waals surface area contributed by atoms with Crippen LogP contribution in [0.4, 0.5) is 0 Å². The molecule has 4 heteroatoms. The molecule has 2 fully saturated rings. The van der Waals surface area contributed by atoms with Crippen molar-refractivity contribution in [2.75, 3.05) is 45.1 Å². The van der Waals surface area contributed by atoms with Gasteiger partial charge in [-0.1, -0.05) is 6.42 Å². The minimum absolute atomic E-state index is 0.684. The van der Waals surface area contributed by atoms with Gasteiger partial charge in [0, 0.05) is 37.5 Å². The van der Waals surface area contributed by atoms with E-state index in [4.69, 9.17) is 4.74 Å². The molecule has 17 heavy (non-hydrogen) atoms. The Morgan fingerprint density at radius 3 is 2.94 bits per heavy atom. The predicted molar refractivity (Wildman–Crippen MR) is 74.9 cm³/mol. The Balaban J connectivity index is 1.74. The van der Waals surface area contributed by atoms with Crippen molar-refractivity contribution >= 4 is 12.6 Å². The van der Waals surface area contributed by atoms with Gasteiger partial charge < -0.3 is 4.74 Å². The highest BCUT2D eigenvalue weighted by atomic mass is 32.1. The Kier molecular flexibility index (Phi) is 5.60. The highest BCUT2D eigenvalue weighted by Crippen LogP contribution is 2.23. The molecule has 0 N–H and O–H groups in total. The first-order valence-corrected chi connectivity index (χ1v) is 7.61. The number of piperidine rings is 1. The maximum absolute atomic E-state index is 5.54. The number of fused-ring (bicyclic) bond motifs is 1. The molecule has 2 saturated heterocycles. The Morgan fingerprint density at radius 2 is 2.12 bits per heavy atom. The number of thiol groups is 1. The number of hydrogen-bond donors (Lipinski definition) is 1. The molecular formula is C13H26N2OS. The van der Waals surface area contributed by atoms with Crippen molar-refractivity contribution in [3.8, 4) is 0 Å². The van der Waals surface area contributed by atoms with Crippen molar-refractivity contribution in [1.29, 1.82) is 0 Å². The van der Waals surface area contributed by atoms with E-state index in [2.05, 4.69) is 29.4 Å². The summed E-state index contributed by atoms with van der Waals surface area (Å²) in [6.07, 6.45) is 4.20. The summed E-state index contributed by atoms with van der Waals surface area (Å²) in [7, 11) is 0. The molecule has 2 aliphatic rings. The van der Waals surface area contributed by atoms with Crippen molar-refractivity contribution in [2.45, 2.75) is 38.3 Å². The van der Waals surface area contributed by atoms with Gasteiger partial charge in [-0.05, 0) is 26.3 Å². The molecule has 2 atom stereocenters. The van der Waals surface area contributed by atoms with E-state index in [-0.39, 0.29) is 0 Å². The summed E-state index contributed by atoms with van der Waals surface area (Å²) in [6, 6.07) is 1.49. The van der Waals surface area contributed by atoms with Crippen LogP contribution >= 0.6 is 12.6 Å². The van der Waals surface area contributed by atoms with Gasteiger partial charge in [0.15, 0.2) is 0 Å². The summed E-state index contributed by atoms with van der Waals surface area (Å²) in [5.41, 5.74) is 0. The van der Waals surface area contributed by atoms with Crippen molar-refractivity contribution in [3.05, 3.63) is 0 Å². The van der Waals surface area contributed by atoms with E-state index in [0.717, 1.165) is 31.6 Å². The Hall–Kier alpha value is 0.230. The molecule has 0 aliphatic carbocycles. The first kappa shape index (κ1) is 13.7. The van der Waals surface area contributed by atoms with Crippen molar-refractivity contribution in [2.24, 2.45) is 0 Å². The monoisotopic (exact) mass is 258 g/mol. The van der Waals surface area contributed by atoms with E-state index < -0.39 is 0 Å². The first-order chi connectivity index (χ1) is 8.31. The van der Waals surface area contributed by atoms with Crippen LogP contribution in [-0.2, 0) is 4.74 Å². The van der Waals surface area contributed by atoms with Gasteiger partial charge in [-0.2, -0.15) is 12.6 Å². The molecule has 0 aromatic rings. The average Bonchev–Trinajstić information content (AvgIpc) is 2.35. The second-order valence-electron chi connectivity index (χ2n) is 5.32. The average molecular weight is 258 g/mol. The van der Waals surface area contributed by atoms with Crippen molar-refractivity contribution in [3.63, 3.8) is 0 Å². The summed E-state index contributed by atoms with van der Waals surface area (Å²) in [4.78, 5) is 5.30. The lowest BCUT2D eigenvalue weighted by Gasteiger charge is -2.47. The fraction of sp³-hybridized carbons (Fsp3) is 1.00. The van der Waals surface area contributed by atoms with E-state index in [1.165, 1.54) is 38.9 Å². The molecule has 2 unspecified atom stereocenters. The molecular weight excluding hydrogens is 232 g/mol. The summed E-state index contributed by atoms with van der Waals surface area (Å²) >= 11 is 4.15. The maximum Gasteiger partial charge on any atom is 0.0593 e. The van der Waals surface area contributed by atoms with Crippen LogP contribution in [0.25, 0.3) is 0 Å². The van der Waals surface area contributed by atoms with Gasteiger partial charge in [-0.3, -0.25) is 9.80 Å². The SMILES string of the molecule is CC1CN2CCCCC2CN1CCOCCS. The lowest BCUT2D eigenvalue weighted by atomic mass is 9.97. The third-order valence-corrected chi connectivity index (χ3v) is 4.26. The van der Waals surface area contributed by atoms with Gasteiger partial charge in [0.2, 0.25) is 0 Å². The highest BCUT2D eigenvalue weighted by Gasteiger charge is 2.32. The molecule has 100 valence electrons. The van der Waals surface area contributed by atoms with Crippen LogP contribution in [0.3, 0.4) is 0 Å². The van der Waals surface area contributed by atoms with Gasteiger partial charge in [0.25, 0.3) is 0 Å². The topological polar surface area (TPSA) is 15.7 Å². The predicted octanol–water partition coefficient (Wildman–Crippen LogP) is 1.49. The summed E-state index contributed by atoms with van der Waals surface area (Å²) < 4.78 is 5.54. The number of rotatable bonds is 5. The Bertz CT molecular complexity index is 227. The molecule has 2 rings (SSSR count). The zero-order valence-electron chi connectivity index (χ0n) is 11.0. The molecule has 3 nitrogen and oxygen atoms in total. The van der Waals surface area contributed by atoms with Crippen LogP contribution in [-0.4, -0.2) is 67.0 Å². The zero-order valence-corrected chi connectivity index (χ0v) is 11.9. The van der Waals surface area contributed by atoms with Gasteiger partial charge >= 0.3 is 0 Å². The minimum atomic E-state index is 0.684. The van der Waals surface area contributed by atoms with Crippen LogP contribution in [0.2, 0.25) is 0 Å². The summed E-state index contributed by atoms with van der Waals surface area (Å²) in [5.74, 6) is 0.825. The van der Waals surface area contributed by atoms with Gasteiger partial charge in [-0.25, -0.2) is 0 Å². The van der Waals surface area contributed by atoms with Crippen molar-refractivity contribution in [1.82, 2.24) is 9.80 Å². The van der Waals surface area contributed by atoms with Gasteiger partial charge in [-0.15, -0.1) is 0 Å². The largest absolute Gasteiger partial charge is 0.379 e. The number of ether oxygens (including phenoxy) is 1. The zero-order chi connectivity index (χ0) is 12.1. The maximum atomic E-state index is 5.54. The standard InChI is InChI=1S/C13H26N2OS/c1-12-10-15-5-3-2-4-13(15)11-14(12)6-7-16-8-9-17/h12-13,17H,2-11H2,1H3. The first-order valence-electron chi connectivity index (χ1n) is 6.98. The quantitative estimate of drug-likeness (QED) is 0.594. The highest BCUT2D eigenvalue weighted by molar-refractivity contribution is 7.80. The third-order valence-electron chi connectivity index (χ3n) is 4.07. The number of nitrogens with zero attached hydrogens (tertiary/aromatic N) is 2. The van der Waals surface area contributed by atoms with Crippen LogP contribution < -0.4 is 0 Å². The lowest BCUT2D eigenvalue weighted by molar-refractivity contribution is 0.000757. The number of hydrogen-bond acceptors (Lipinski definition) is 4. The second-order valence-corrected chi connectivity index (χ2v) is 5.77. The molecule has 2 aliphatic heterocycles. The molecule has 0 aromatic carbocycles. The van der Waals surface area contributed by atoms with Crippen LogP contribution in [0.1, 0.15) is 26.2 Å². The molecule has 2 heterocycles. The van der Waals surface area contributed by atoms with E-state index >= 15 is 0 Å². The number of piperazine rings is 1. The van der Waals surface area contributed by atoms with E-state index in [1.54, 1.807) is 0 Å². The molecule has 0 saturated carbocycles. The van der Waals surface area contributed by atoms with Gasteiger partial charge in [0.1, 0.15) is 0 Å². The van der Waals surface area contributed by atoms with Crippen LogP contribution in [0, 0.1) is 0 Å². The van der Waals surface area contributed by atoms with E-state index in [0.29, 0.717) is 6.04 Å². The third kappa shape index (κ3) is 3.85. The minimum Gasteiger partial charge on any atom is -0.379 e. The normalized spacial score (nSPS) is 31.4. The van der Waals surface area contributed by atoms with Gasteiger partial charge in [0.05, 0.1) is 13.2 Å². The fourth-order valence-electron chi connectivity index (χ4n) is 3.07. The van der Waals surface area contributed by atoms with E-state index in [9.17, 15) is 0 Å². The Labute approximate surface area is 111 Å².